The van der Waals surface area contributed by atoms with Crippen LogP contribution in [0.15, 0.2) is 0 Å². The van der Waals surface area contributed by atoms with Crippen LogP contribution in [0.4, 0.5) is 0 Å². The van der Waals surface area contributed by atoms with Gasteiger partial charge in [-0.3, -0.25) is 9.80 Å². The van der Waals surface area contributed by atoms with Crippen molar-refractivity contribution in [3.05, 3.63) is 0 Å². The first-order valence-corrected chi connectivity index (χ1v) is 26.0. The molecule has 2 heteroatoms. The number of nitrogens with zero attached hydrogens (tertiary/aromatic N) is 2. The van der Waals surface area contributed by atoms with Crippen LogP contribution in [0.3, 0.4) is 0 Å². The molecule has 0 radical (unpaired) electrons. The van der Waals surface area contributed by atoms with Gasteiger partial charge < -0.3 is 0 Å². The molecule has 0 bridgehead atoms. The van der Waals surface area contributed by atoms with Crippen molar-refractivity contribution >= 4 is 0 Å². The Balaban J connectivity index is 5.85. The van der Waals surface area contributed by atoms with Crippen molar-refractivity contribution in [2.45, 2.75) is 310 Å². The van der Waals surface area contributed by atoms with Crippen molar-refractivity contribution in [2.24, 2.45) is 0 Å². The van der Waals surface area contributed by atoms with Gasteiger partial charge in [0.05, 0.1) is 0 Å². The summed E-state index contributed by atoms with van der Waals surface area (Å²) in [6, 6.07) is 0.681. The Morgan fingerprint density at radius 1 is 0.278 bits per heavy atom. The van der Waals surface area contributed by atoms with Crippen molar-refractivity contribution in [3.63, 3.8) is 0 Å². The van der Waals surface area contributed by atoms with E-state index in [0.29, 0.717) is 6.04 Å². The van der Waals surface area contributed by atoms with Gasteiger partial charge >= 0.3 is 0 Å². The summed E-state index contributed by atoms with van der Waals surface area (Å²) in [6.45, 7) is 22.4. The first kappa shape index (κ1) is 53.9. The van der Waals surface area contributed by atoms with Crippen LogP contribution in [-0.4, -0.2) is 47.6 Å². The number of hydrogen-bond donors (Lipinski definition) is 0. The van der Waals surface area contributed by atoms with Gasteiger partial charge in [-0.25, -0.2) is 0 Å². The average molecular weight is 761 g/mol. The minimum absolute atomic E-state index is 0.228. The molecule has 0 aromatic heterocycles. The zero-order chi connectivity index (χ0) is 39.6. The summed E-state index contributed by atoms with van der Waals surface area (Å²) < 4.78 is 0. The smallest absolute Gasteiger partial charge is 0.0308 e. The van der Waals surface area contributed by atoms with Gasteiger partial charge in [-0.15, -0.1) is 0 Å². The van der Waals surface area contributed by atoms with Gasteiger partial charge in [0.2, 0.25) is 0 Å². The molecule has 326 valence electrons. The summed E-state index contributed by atoms with van der Waals surface area (Å²) in [5.74, 6) is 0. The molecule has 0 aromatic carbocycles. The molecule has 1 atom stereocenters. The van der Waals surface area contributed by atoms with Gasteiger partial charge in [0.15, 0.2) is 0 Å². The predicted octanol–water partition coefficient (Wildman–Crippen LogP) is 18.1. The van der Waals surface area contributed by atoms with Crippen molar-refractivity contribution in [1.29, 1.82) is 0 Å². The summed E-state index contributed by atoms with van der Waals surface area (Å²) in [6.07, 6.45) is 55.6. The fourth-order valence-electron chi connectivity index (χ4n) is 9.19. The minimum atomic E-state index is 0.228. The second-order valence-corrected chi connectivity index (χ2v) is 18.6. The summed E-state index contributed by atoms with van der Waals surface area (Å²) in [5, 5.41) is 0. The highest BCUT2D eigenvalue weighted by molar-refractivity contribution is 4.95. The van der Waals surface area contributed by atoms with Crippen molar-refractivity contribution in [2.75, 3.05) is 26.2 Å². The normalized spacial score (nSPS) is 12.8. The molecule has 0 saturated heterocycles. The lowest BCUT2D eigenvalue weighted by Crippen LogP contribution is -2.59. The molecule has 0 rings (SSSR count). The van der Waals surface area contributed by atoms with Crippen LogP contribution in [0.5, 0.6) is 0 Å². The zero-order valence-corrected chi connectivity index (χ0v) is 39.4. The third kappa shape index (κ3) is 32.9. The molecule has 0 aliphatic heterocycles. The predicted molar refractivity (Wildman–Crippen MR) is 249 cm³/mol. The molecule has 0 saturated carbocycles. The summed E-state index contributed by atoms with van der Waals surface area (Å²) in [7, 11) is 0. The number of hydrogen-bond acceptors (Lipinski definition) is 2. The molecule has 54 heavy (non-hydrogen) atoms. The molecule has 0 aliphatic carbocycles. The molecule has 1 unspecified atom stereocenters. The van der Waals surface area contributed by atoms with E-state index in [-0.39, 0.29) is 5.54 Å². The Labute approximate surface area is 345 Å². The highest BCUT2D eigenvalue weighted by atomic mass is 15.3. The maximum absolute atomic E-state index is 3.09. The molecule has 0 spiro atoms. The quantitative estimate of drug-likeness (QED) is 0.0570. The van der Waals surface area contributed by atoms with Crippen LogP contribution in [0.1, 0.15) is 299 Å². The topological polar surface area (TPSA) is 6.48 Å². The molecule has 0 amide bonds. The van der Waals surface area contributed by atoms with E-state index in [4.69, 9.17) is 0 Å². The third-order valence-corrected chi connectivity index (χ3v) is 13.1. The SMILES string of the molecule is CCCCCCCCCCN(CCCCCCCCCC)C(CCCCCCCC)C(C)(C)N(CCCCCCCCCC)CCCCCCCCCC. The van der Waals surface area contributed by atoms with Crippen molar-refractivity contribution in [3.8, 4) is 0 Å². The molecule has 0 fully saturated rings. The van der Waals surface area contributed by atoms with E-state index >= 15 is 0 Å². The second-order valence-electron chi connectivity index (χ2n) is 18.6. The lowest BCUT2D eigenvalue weighted by molar-refractivity contribution is 0.00801. The van der Waals surface area contributed by atoms with E-state index in [2.05, 4.69) is 58.3 Å². The Bertz CT molecular complexity index is 648. The Kier molecular flexibility index (Phi) is 42.5. The summed E-state index contributed by atoms with van der Waals surface area (Å²) in [5.41, 5.74) is 0.228. The van der Waals surface area contributed by atoms with Crippen molar-refractivity contribution < 1.29 is 0 Å². The molecule has 0 N–H and O–H groups in total. The van der Waals surface area contributed by atoms with Gasteiger partial charge in [-0.05, 0) is 72.1 Å². The van der Waals surface area contributed by atoms with Crippen LogP contribution < -0.4 is 0 Å². The number of unbranched alkanes of at least 4 members (excludes halogenated alkanes) is 33. The largest absolute Gasteiger partial charge is 0.299 e. The molecular formula is C52H108N2. The van der Waals surface area contributed by atoms with E-state index in [1.807, 2.05) is 0 Å². The molecular weight excluding hydrogens is 653 g/mol. The van der Waals surface area contributed by atoms with E-state index in [1.54, 1.807) is 0 Å². The number of rotatable bonds is 46. The third-order valence-electron chi connectivity index (χ3n) is 13.1. The van der Waals surface area contributed by atoms with Gasteiger partial charge in [0.25, 0.3) is 0 Å². The van der Waals surface area contributed by atoms with Gasteiger partial charge in [-0.2, -0.15) is 0 Å². The average Bonchev–Trinajstić information content (AvgIpc) is 3.17. The highest BCUT2D eigenvalue weighted by Gasteiger charge is 2.38. The lowest BCUT2D eigenvalue weighted by atomic mass is 9.85. The van der Waals surface area contributed by atoms with E-state index in [0.717, 1.165) is 0 Å². The van der Waals surface area contributed by atoms with Gasteiger partial charge in [-0.1, -0.05) is 253 Å². The van der Waals surface area contributed by atoms with Gasteiger partial charge in [0.1, 0.15) is 0 Å². The second kappa shape index (κ2) is 42.5. The Morgan fingerprint density at radius 2 is 0.500 bits per heavy atom. The van der Waals surface area contributed by atoms with Crippen LogP contribution in [0.25, 0.3) is 0 Å². The molecule has 0 heterocycles. The van der Waals surface area contributed by atoms with Gasteiger partial charge in [0, 0.05) is 11.6 Å². The zero-order valence-electron chi connectivity index (χ0n) is 39.4. The molecule has 0 aliphatic rings. The van der Waals surface area contributed by atoms with E-state index in [1.165, 1.54) is 277 Å². The van der Waals surface area contributed by atoms with Crippen LogP contribution >= 0.6 is 0 Å². The molecule has 0 aromatic rings. The first-order chi connectivity index (χ1) is 26.5. The Hall–Kier alpha value is -0.0800. The van der Waals surface area contributed by atoms with Crippen LogP contribution in [0.2, 0.25) is 0 Å². The fourth-order valence-corrected chi connectivity index (χ4v) is 9.19. The van der Waals surface area contributed by atoms with Crippen LogP contribution in [-0.2, 0) is 0 Å². The summed E-state index contributed by atoms with van der Waals surface area (Å²) >= 11 is 0. The monoisotopic (exact) mass is 761 g/mol. The van der Waals surface area contributed by atoms with E-state index < -0.39 is 0 Å². The minimum Gasteiger partial charge on any atom is -0.299 e. The maximum Gasteiger partial charge on any atom is 0.0308 e. The van der Waals surface area contributed by atoms with Crippen LogP contribution in [0, 0.1) is 0 Å². The summed E-state index contributed by atoms with van der Waals surface area (Å²) in [4.78, 5) is 6.14. The first-order valence-electron chi connectivity index (χ1n) is 26.0. The standard InChI is InChI=1S/C52H108N2/c1-8-13-18-23-28-32-37-42-47-53(48-43-38-33-29-24-19-14-9-2)51(46-41-36-27-22-17-12-5)52(6,7)54(49-44-39-34-30-25-20-15-10-3)50-45-40-35-31-26-21-16-11-4/h51H,8-50H2,1-7H3. The highest BCUT2D eigenvalue weighted by Crippen LogP contribution is 2.31. The fraction of sp³-hybridized carbons (Fsp3) is 1.00. The van der Waals surface area contributed by atoms with Crippen molar-refractivity contribution in [1.82, 2.24) is 9.80 Å². The lowest BCUT2D eigenvalue weighted by Gasteiger charge is -2.49. The Morgan fingerprint density at radius 3 is 0.778 bits per heavy atom. The van der Waals surface area contributed by atoms with E-state index in [9.17, 15) is 0 Å². The maximum atomic E-state index is 3.09. The molecule has 2 nitrogen and oxygen atoms in total.